The van der Waals surface area contributed by atoms with Gasteiger partial charge in [-0.2, -0.15) is 5.10 Å². The van der Waals surface area contributed by atoms with E-state index in [1.165, 1.54) is 12.0 Å². The molecule has 0 spiro atoms. The molecule has 11 nitrogen and oxygen atoms in total. The van der Waals surface area contributed by atoms with Gasteiger partial charge in [0.1, 0.15) is 5.75 Å². The van der Waals surface area contributed by atoms with E-state index in [9.17, 15) is 18.0 Å². The molecule has 4 aromatic rings. The minimum absolute atomic E-state index is 0.0222. The number of amides is 2. The van der Waals surface area contributed by atoms with E-state index in [1.54, 1.807) is 27.0 Å². The molecule has 2 amide bonds. The summed E-state index contributed by atoms with van der Waals surface area (Å²) in [6.07, 6.45) is 10.1. The Hall–Kier alpha value is -4.42. The molecule has 54 heavy (non-hydrogen) atoms. The van der Waals surface area contributed by atoms with Crippen molar-refractivity contribution in [2.75, 3.05) is 27.2 Å². The van der Waals surface area contributed by atoms with Crippen LogP contribution in [0, 0.1) is 6.92 Å². The highest BCUT2D eigenvalue weighted by molar-refractivity contribution is 7.90. The Bertz CT molecular complexity index is 2280. The fraction of sp³-hybridized carbons (Fsp3) is 0.500. The van der Waals surface area contributed by atoms with E-state index in [4.69, 9.17) is 9.84 Å². The molecule has 0 radical (unpaired) electrons. The highest BCUT2D eigenvalue weighted by Crippen LogP contribution is 2.48. The molecule has 2 unspecified atom stereocenters. The Morgan fingerprint density at radius 1 is 0.981 bits per heavy atom. The number of ether oxygens (including phenoxy) is 1. The molecule has 2 aromatic heterocycles. The zero-order valence-corrected chi connectivity index (χ0v) is 33.1. The van der Waals surface area contributed by atoms with Crippen molar-refractivity contribution < 1.29 is 22.7 Å². The molecule has 8 rings (SSSR count). The van der Waals surface area contributed by atoms with E-state index in [2.05, 4.69) is 46.4 Å². The van der Waals surface area contributed by atoms with Crippen LogP contribution < -0.4 is 9.46 Å². The van der Waals surface area contributed by atoms with E-state index in [0.717, 1.165) is 83.3 Å². The predicted octanol–water partition coefficient (Wildman–Crippen LogP) is 6.83. The summed E-state index contributed by atoms with van der Waals surface area (Å²) in [5, 5.41) is 5.28. The summed E-state index contributed by atoms with van der Waals surface area (Å²) in [6.45, 7) is 9.52. The Kier molecular flexibility index (Phi) is 9.49. The van der Waals surface area contributed by atoms with Crippen LogP contribution in [0.15, 0.2) is 36.4 Å². The van der Waals surface area contributed by atoms with Gasteiger partial charge in [-0.15, -0.1) is 0 Å². The normalized spacial score (nSPS) is 20.5. The standard InChI is InChI=1S/C42H52N6O5S/c1-7-48-39(37(26(4)43-48)42(50)46-23-31-14-15-32(24-46)45(31)5)30-19-29-20-33(53-6)16-18-34(29)40-38(27-11-9-8-10-12-27)35-17-13-28(21-36(35)47(40)22-30)41(49)44-54(51,52)25(2)3/h13,16-21,25,27,31-32H,7-12,14-15,22-24H2,1-6H3,(H,44,49). The number of fused-ring (bicyclic) bond motifs is 7. The number of allylic oxidation sites excluding steroid dienone is 1. The van der Waals surface area contributed by atoms with Crippen molar-refractivity contribution in [3.63, 3.8) is 0 Å². The second kappa shape index (κ2) is 14.0. The van der Waals surface area contributed by atoms with E-state index in [-0.39, 0.29) is 11.5 Å². The number of rotatable bonds is 8. The fourth-order valence-corrected chi connectivity index (χ4v) is 10.1. The number of nitrogens with one attached hydrogen (secondary N) is 1. The van der Waals surface area contributed by atoms with Gasteiger partial charge in [-0.1, -0.05) is 25.3 Å². The second-order valence-electron chi connectivity index (χ2n) is 15.9. The smallest absolute Gasteiger partial charge is 0.264 e. The van der Waals surface area contributed by atoms with Crippen molar-refractivity contribution in [2.45, 2.75) is 109 Å². The Morgan fingerprint density at radius 3 is 2.37 bits per heavy atom. The number of sulfonamides is 1. The molecule has 1 N–H and O–H groups in total. The first kappa shape index (κ1) is 36.6. The summed E-state index contributed by atoms with van der Waals surface area (Å²) in [5.74, 6) is 0.434. The molecule has 12 heteroatoms. The summed E-state index contributed by atoms with van der Waals surface area (Å²) in [7, 11) is 0.0182. The van der Waals surface area contributed by atoms with Crippen LogP contribution in [0.1, 0.15) is 115 Å². The van der Waals surface area contributed by atoms with Gasteiger partial charge in [-0.3, -0.25) is 19.2 Å². The van der Waals surface area contributed by atoms with Crippen molar-refractivity contribution >= 4 is 44.4 Å². The van der Waals surface area contributed by atoms with E-state index < -0.39 is 21.2 Å². The van der Waals surface area contributed by atoms with Gasteiger partial charge in [-0.25, -0.2) is 13.1 Å². The Balaban J connectivity index is 1.34. The first-order chi connectivity index (χ1) is 25.9. The summed E-state index contributed by atoms with van der Waals surface area (Å²) < 4.78 is 37.9. The van der Waals surface area contributed by atoms with Crippen LogP contribution in [0.3, 0.4) is 0 Å². The van der Waals surface area contributed by atoms with Crippen molar-refractivity contribution in [2.24, 2.45) is 0 Å². The van der Waals surface area contributed by atoms with Gasteiger partial charge in [0.25, 0.3) is 11.8 Å². The lowest BCUT2D eigenvalue weighted by molar-refractivity contribution is 0.0523. The van der Waals surface area contributed by atoms with Crippen molar-refractivity contribution in [3.05, 3.63) is 70.0 Å². The van der Waals surface area contributed by atoms with Gasteiger partial charge in [0.2, 0.25) is 10.0 Å². The molecule has 2 atom stereocenters. The number of carbonyl (C=O) groups excluding carboxylic acids is 2. The lowest BCUT2D eigenvalue weighted by Crippen LogP contribution is -2.53. The molecule has 2 bridgehead atoms. The lowest BCUT2D eigenvalue weighted by atomic mass is 9.81. The lowest BCUT2D eigenvalue weighted by Gasteiger charge is -2.39. The maximum atomic E-state index is 14.7. The number of likely N-dealkylation sites (tertiary alicyclic amines) is 1. The Labute approximate surface area is 318 Å². The van der Waals surface area contributed by atoms with Crippen LogP contribution in [-0.4, -0.2) is 89.0 Å². The molecule has 4 aliphatic rings. The molecule has 3 fully saturated rings. The molecule has 2 aromatic carbocycles. The first-order valence-corrected chi connectivity index (χ1v) is 21.1. The minimum atomic E-state index is -3.83. The number of benzene rings is 2. The number of aromatic nitrogens is 3. The van der Waals surface area contributed by atoms with Crippen LogP contribution in [0.5, 0.6) is 5.75 Å². The van der Waals surface area contributed by atoms with E-state index in [0.29, 0.717) is 55.4 Å². The number of methoxy groups -OCH3 is 1. The number of carbonyl (C=O) groups is 2. The SMILES string of the molecule is CCn1nc(C)c(C(=O)N2CC3CCC(C2)N3C)c1C1=Cc2cc(OC)ccc2-c2c(C3CCCCC3)c3ccc(C(=O)NS(=O)(=O)C(C)C)cc3n2C1. The summed E-state index contributed by atoms with van der Waals surface area (Å²) in [6, 6.07) is 12.5. The third-order valence-electron chi connectivity index (χ3n) is 12.5. The molecule has 2 saturated heterocycles. The number of likely N-dealkylation sites (N-methyl/N-ethyl adjacent to an activating group) is 1. The first-order valence-electron chi connectivity index (χ1n) is 19.6. The quantitative estimate of drug-likeness (QED) is 0.210. The molecular weight excluding hydrogens is 701 g/mol. The molecule has 3 aliphatic heterocycles. The van der Waals surface area contributed by atoms with Gasteiger partial charge < -0.3 is 14.2 Å². The average molecular weight is 753 g/mol. The number of aryl methyl sites for hydroxylation is 2. The highest BCUT2D eigenvalue weighted by Gasteiger charge is 2.41. The van der Waals surface area contributed by atoms with E-state index in [1.807, 2.05) is 34.7 Å². The maximum Gasteiger partial charge on any atom is 0.264 e. The molecule has 1 aliphatic carbocycles. The molecular formula is C42H52N6O5S. The Morgan fingerprint density at radius 2 is 1.70 bits per heavy atom. The zero-order valence-electron chi connectivity index (χ0n) is 32.3. The number of hydrogen-bond donors (Lipinski definition) is 1. The molecule has 286 valence electrons. The number of nitrogens with zero attached hydrogens (tertiary/aromatic N) is 5. The second-order valence-corrected chi connectivity index (χ2v) is 18.2. The highest BCUT2D eigenvalue weighted by atomic mass is 32.2. The number of hydrogen-bond acceptors (Lipinski definition) is 7. The summed E-state index contributed by atoms with van der Waals surface area (Å²) >= 11 is 0. The van der Waals surface area contributed by atoms with Crippen molar-refractivity contribution in [3.8, 4) is 17.0 Å². The third kappa shape index (κ3) is 6.15. The number of piperazine rings is 1. The summed E-state index contributed by atoms with van der Waals surface area (Å²) in [4.78, 5) is 32.8. The van der Waals surface area contributed by atoms with Crippen LogP contribution in [-0.2, 0) is 23.1 Å². The fourth-order valence-electron chi connectivity index (χ4n) is 9.46. The largest absolute Gasteiger partial charge is 0.497 e. The third-order valence-corrected chi connectivity index (χ3v) is 14.2. The average Bonchev–Trinajstić information content (AvgIpc) is 3.67. The van der Waals surface area contributed by atoms with Gasteiger partial charge >= 0.3 is 0 Å². The van der Waals surface area contributed by atoms with E-state index >= 15 is 0 Å². The predicted molar refractivity (Wildman–Crippen MR) is 212 cm³/mol. The monoisotopic (exact) mass is 752 g/mol. The zero-order chi connectivity index (χ0) is 38.1. The van der Waals surface area contributed by atoms with Crippen LogP contribution >= 0.6 is 0 Å². The van der Waals surface area contributed by atoms with Crippen molar-refractivity contribution in [1.82, 2.24) is 28.9 Å². The van der Waals surface area contributed by atoms with Gasteiger partial charge in [0.05, 0.1) is 41.5 Å². The minimum Gasteiger partial charge on any atom is -0.497 e. The molecule has 5 heterocycles. The maximum absolute atomic E-state index is 14.7. The van der Waals surface area contributed by atoms with Gasteiger partial charge in [0.15, 0.2) is 0 Å². The molecule has 1 saturated carbocycles. The van der Waals surface area contributed by atoms with Crippen molar-refractivity contribution in [1.29, 1.82) is 0 Å². The van der Waals surface area contributed by atoms with Crippen LogP contribution in [0.4, 0.5) is 0 Å². The van der Waals surface area contributed by atoms with Crippen LogP contribution in [0.2, 0.25) is 0 Å². The summed E-state index contributed by atoms with van der Waals surface area (Å²) in [5.41, 5.74) is 8.64. The van der Waals surface area contributed by atoms with Crippen LogP contribution in [0.25, 0.3) is 33.8 Å². The van der Waals surface area contributed by atoms with Gasteiger partial charge in [0, 0.05) is 53.7 Å². The van der Waals surface area contributed by atoms with Gasteiger partial charge in [-0.05, 0) is 119 Å². The topological polar surface area (TPSA) is 119 Å².